The van der Waals surface area contributed by atoms with E-state index in [1.807, 2.05) is 0 Å². The third kappa shape index (κ3) is 1.33. The number of carbonyl (C=O) groups is 2. The fourth-order valence-corrected chi connectivity index (χ4v) is 2.10. The summed E-state index contributed by atoms with van der Waals surface area (Å²) in [5, 5.41) is 2.94. The number of nitrogens with one attached hydrogen (secondary N) is 1. The monoisotopic (exact) mass is 207 g/mol. The zero-order chi connectivity index (χ0) is 11.2. The fraction of sp³-hybridized carbons (Fsp3) is 0.455. The van der Waals surface area contributed by atoms with Crippen LogP contribution < -0.4 is 5.32 Å². The third-order valence-electron chi connectivity index (χ3n) is 2.82. The minimum absolute atomic E-state index is 0.0289. The number of Topliss-reactive ketones (excluding diaryl/α,β-unsaturated/α-hetero) is 2. The third-order valence-corrected chi connectivity index (χ3v) is 2.82. The Morgan fingerprint density at radius 1 is 1.53 bits per heavy atom. The molecule has 0 saturated carbocycles. The Kier molecular flexibility index (Phi) is 2.23. The maximum atomic E-state index is 11.9. The van der Waals surface area contributed by atoms with Crippen molar-refractivity contribution in [2.24, 2.45) is 0 Å². The van der Waals surface area contributed by atoms with Gasteiger partial charge in [-0.1, -0.05) is 0 Å². The Morgan fingerprint density at radius 3 is 2.73 bits per heavy atom. The van der Waals surface area contributed by atoms with Crippen LogP contribution in [0.3, 0.4) is 0 Å². The van der Waals surface area contributed by atoms with Gasteiger partial charge in [0.15, 0.2) is 17.3 Å². The van der Waals surface area contributed by atoms with E-state index in [9.17, 15) is 9.59 Å². The fourth-order valence-electron chi connectivity index (χ4n) is 2.10. The van der Waals surface area contributed by atoms with Crippen LogP contribution in [0, 0.1) is 6.92 Å². The number of hydrogen-bond donors (Lipinski definition) is 1. The molecule has 4 heteroatoms. The summed E-state index contributed by atoms with van der Waals surface area (Å²) in [6.45, 7) is 3.18. The van der Waals surface area contributed by atoms with E-state index in [1.165, 1.54) is 6.92 Å². The van der Waals surface area contributed by atoms with Crippen molar-refractivity contribution in [3.05, 3.63) is 22.6 Å². The van der Waals surface area contributed by atoms with Gasteiger partial charge < -0.3 is 9.73 Å². The van der Waals surface area contributed by atoms with Gasteiger partial charge in [0.05, 0.1) is 11.6 Å². The first-order valence-corrected chi connectivity index (χ1v) is 4.91. The topological polar surface area (TPSA) is 59.3 Å². The van der Waals surface area contributed by atoms with Crippen molar-refractivity contribution in [1.82, 2.24) is 5.32 Å². The zero-order valence-corrected chi connectivity index (χ0v) is 9.01. The van der Waals surface area contributed by atoms with Gasteiger partial charge >= 0.3 is 0 Å². The van der Waals surface area contributed by atoms with E-state index < -0.39 is 0 Å². The Bertz CT molecular complexity index is 445. The van der Waals surface area contributed by atoms with Crippen molar-refractivity contribution in [3.8, 4) is 0 Å². The summed E-state index contributed by atoms with van der Waals surface area (Å²) in [6, 6.07) is -0.205. The summed E-state index contributed by atoms with van der Waals surface area (Å²) in [7, 11) is 1.74. The second-order valence-corrected chi connectivity index (χ2v) is 3.81. The van der Waals surface area contributed by atoms with Crippen molar-refractivity contribution in [2.75, 3.05) is 7.05 Å². The van der Waals surface area contributed by atoms with Gasteiger partial charge in [0.2, 0.25) is 0 Å². The highest BCUT2D eigenvalue weighted by Crippen LogP contribution is 2.31. The number of rotatable bonds is 2. The van der Waals surface area contributed by atoms with Crippen LogP contribution in [0.4, 0.5) is 0 Å². The van der Waals surface area contributed by atoms with E-state index in [2.05, 4.69) is 5.32 Å². The molecule has 1 unspecified atom stereocenters. The predicted octanol–water partition coefficient (Wildman–Crippen LogP) is 1.12. The Hall–Kier alpha value is -1.42. The lowest BCUT2D eigenvalue weighted by molar-refractivity contribution is 0.0950. The molecule has 0 saturated heterocycles. The van der Waals surface area contributed by atoms with Gasteiger partial charge in [-0.25, -0.2) is 0 Å². The molecule has 0 aromatic carbocycles. The molecule has 0 amide bonds. The van der Waals surface area contributed by atoms with Gasteiger partial charge in [0.25, 0.3) is 0 Å². The molecule has 1 aromatic heterocycles. The molecule has 1 N–H and O–H groups in total. The molecule has 15 heavy (non-hydrogen) atoms. The Balaban J connectivity index is 2.55. The van der Waals surface area contributed by atoms with Crippen LogP contribution >= 0.6 is 0 Å². The van der Waals surface area contributed by atoms with E-state index in [0.717, 1.165) is 5.56 Å². The summed E-state index contributed by atoms with van der Waals surface area (Å²) in [6.07, 6.45) is 0.553. The predicted molar refractivity (Wildman–Crippen MR) is 54.3 cm³/mol. The number of carbonyl (C=O) groups excluding carboxylic acids is 2. The number of hydrogen-bond acceptors (Lipinski definition) is 4. The number of ketones is 2. The molecular weight excluding hydrogens is 194 g/mol. The average Bonchev–Trinajstić information content (AvgIpc) is 2.66. The highest BCUT2D eigenvalue weighted by atomic mass is 16.3. The Labute approximate surface area is 87.6 Å². The normalized spacial score (nSPS) is 19.4. The lowest BCUT2D eigenvalue weighted by Gasteiger charge is -2.05. The molecule has 2 rings (SSSR count). The molecular formula is C11H13NO3. The van der Waals surface area contributed by atoms with Crippen LogP contribution in [0.25, 0.3) is 0 Å². The van der Waals surface area contributed by atoms with Crippen molar-refractivity contribution in [2.45, 2.75) is 26.3 Å². The van der Waals surface area contributed by atoms with Crippen molar-refractivity contribution < 1.29 is 14.0 Å². The molecule has 4 nitrogen and oxygen atoms in total. The summed E-state index contributed by atoms with van der Waals surface area (Å²) < 4.78 is 5.31. The molecule has 1 aliphatic carbocycles. The van der Waals surface area contributed by atoms with Crippen LogP contribution in [0.1, 0.15) is 39.2 Å². The standard InChI is InChI=1S/C11H13NO3/c1-5(13)11-7-4-8(12-3)10(14)9(7)6(2)15-11/h8,12H,4H2,1-3H3. The molecule has 0 fully saturated rings. The molecule has 1 aliphatic rings. The van der Waals surface area contributed by atoms with Crippen molar-refractivity contribution in [3.63, 3.8) is 0 Å². The van der Waals surface area contributed by atoms with Crippen LogP contribution in [-0.2, 0) is 6.42 Å². The van der Waals surface area contributed by atoms with Crippen LogP contribution in [0.2, 0.25) is 0 Å². The molecule has 80 valence electrons. The largest absolute Gasteiger partial charge is 0.457 e. The smallest absolute Gasteiger partial charge is 0.195 e. The van der Waals surface area contributed by atoms with Gasteiger partial charge in [0.1, 0.15) is 5.76 Å². The molecule has 0 bridgehead atoms. The first kappa shape index (κ1) is 10.1. The van der Waals surface area contributed by atoms with E-state index in [1.54, 1.807) is 14.0 Å². The maximum Gasteiger partial charge on any atom is 0.195 e. The number of furan rings is 1. The highest BCUT2D eigenvalue weighted by Gasteiger charge is 2.36. The molecule has 1 aromatic rings. The Morgan fingerprint density at radius 2 is 2.20 bits per heavy atom. The molecule has 0 aliphatic heterocycles. The number of aryl methyl sites for hydroxylation is 1. The summed E-state index contributed by atoms with van der Waals surface area (Å²) in [5.74, 6) is 0.803. The summed E-state index contributed by atoms with van der Waals surface area (Å²) >= 11 is 0. The van der Waals surface area contributed by atoms with Gasteiger partial charge in [-0.05, 0) is 20.4 Å². The minimum Gasteiger partial charge on any atom is -0.457 e. The van der Waals surface area contributed by atoms with Crippen molar-refractivity contribution in [1.29, 1.82) is 0 Å². The zero-order valence-electron chi connectivity index (χ0n) is 9.01. The molecule has 1 atom stereocenters. The van der Waals surface area contributed by atoms with E-state index in [-0.39, 0.29) is 17.6 Å². The van der Waals surface area contributed by atoms with Gasteiger partial charge in [-0.3, -0.25) is 9.59 Å². The molecule has 0 radical (unpaired) electrons. The van der Waals surface area contributed by atoms with Gasteiger partial charge in [-0.15, -0.1) is 0 Å². The SMILES string of the molecule is CNC1Cc2c(C(C)=O)oc(C)c2C1=O. The summed E-state index contributed by atoms with van der Waals surface area (Å²) in [5.41, 5.74) is 1.36. The summed E-state index contributed by atoms with van der Waals surface area (Å²) in [4.78, 5) is 23.1. The van der Waals surface area contributed by atoms with Gasteiger partial charge in [-0.2, -0.15) is 0 Å². The second-order valence-electron chi connectivity index (χ2n) is 3.81. The molecule has 1 heterocycles. The van der Waals surface area contributed by atoms with E-state index >= 15 is 0 Å². The second kappa shape index (κ2) is 3.31. The van der Waals surface area contributed by atoms with Crippen LogP contribution in [0.5, 0.6) is 0 Å². The maximum absolute atomic E-state index is 11.9. The van der Waals surface area contributed by atoms with Crippen LogP contribution in [0.15, 0.2) is 4.42 Å². The quantitative estimate of drug-likeness (QED) is 0.738. The van der Waals surface area contributed by atoms with E-state index in [0.29, 0.717) is 23.5 Å². The minimum atomic E-state index is -0.205. The van der Waals surface area contributed by atoms with E-state index in [4.69, 9.17) is 4.42 Å². The average molecular weight is 207 g/mol. The van der Waals surface area contributed by atoms with Crippen LogP contribution in [-0.4, -0.2) is 24.7 Å². The highest BCUT2D eigenvalue weighted by molar-refractivity contribution is 6.08. The number of fused-ring (bicyclic) bond motifs is 1. The van der Waals surface area contributed by atoms with Gasteiger partial charge in [0, 0.05) is 12.5 Å². The molecule has 0 spiro atoms. The lowest BCUT2D eigenvalue weighted by atomic mass is 10.1. The van der Waals surface area contributed by atoms with Crippen molar-refractivity contribution >= 4 is 11.6 Å². The first-order chi connectivity index (χ1) is 7.06. The lowest BCUT2D eigenvalue weighted by Crippen LogP contribution is -2.31. The first-order valence-electron chi connectivity index (χ1n) is 4.91. The number of likely N-dealkylation sites (N-methyl/N-ethyl adjacent to an activating group) is 1.